The molecule has 1 N–H and O–H groups in total. The lowest BCUT2D eigenvalue weighted by Crippen LogP contribution is -2.46. The summed E-state index contributed by atoms with van der Waals surface area (Å²) in [5.41, 5.74) is 0. The summed E-state index contributed by atoms with van der Waals surface area (Å²) >= 11 is 0. The van der Waals surface area contributed by atoms with Crippen LogP contribution in [0.5, 0.6) is 0 Å². The Hall–Kier alpha value is -0.900. The number of nitrogens with one attached hydrogen (secondary N) is 1. The predicted octanol–water partition coefficient (Wildman–Crippen LogP) is 2.08. The molecule has 2 fully saturated rings. The second-order valence-electron chi connectivity index (χ2n) is 6.03. The van der Waals surface area contributed by atoms with Crippen LogP contribution >= 0.6 is 0 Å². The summed E-state index contributed by atoms with van der Waals surface area (Å²) in [6, 6.07) is 0.121. The fourth-order valence-electron chi connectivity index (χ4n) is 3.27. The first-order valence-corrected chi connectivity index (χ1v) is 7.73. The first-order chi connectivity index (χ1) is 9.13. The second-order valence-corrected chi connectivity index (χ2v) is 6.03. The zero-order chi connectivity index (χ0) is 13.8. The van der Waals surface area contributed by atoms with Gasteiger partial charge in [0, 0.05) is 12.6 Å². The number of hydrogen-bond donors (Lipinski definition) is 1. The quantitative estimate of drug-likeness (QED) is 0.626. The van der Waals surface area contributed by atoms with Crippen LogP contribution in [-0.4, -0.2) is 35.3 Å². The molecule has 0 aromatic rings. The molecule has 3 atom stereocenters. The van der Waals surface area contributed by atoms with Gasteiger partial charge in [0.2, 0.25) is 11.8 Å². The zero-order valence-electron chi connectivity index (χ0n) is 12.2. The molecule has 3 unspecified atom stereocenters. The number of amides is 2. The molecule has 1 saturated heterocycles. The number of carbonyl (C=O) groups excluding carboxylic acids is 2. The molecule has 1 saturated carbocycles. The minimum absolute atomic E-state index is 0.00868. The summed E-state index contributed by atoms with van der Waals surface area (Å²) in [7, 11) is 0. The van der Waals surface area contributed by atoms with Crippen LogP contribution in [0, 0.1) is 5.92 Å². The van der Waals surface area contributed by atoms with E-state index in [-0.39, 0.29) is 17.9 Å². The molecule has 4 heteroatoms. The third-order valence-corrected chi connectivity index (χ3v) is 4.47. The average Bonchev–Trinajstić information content (AvgIpc) is 2.55. The van der Waals surface area contributed by atoms with Crippen LogP contribution in [0.4, 0.5) is 0 Å². The van der Waals surface area contributed by atoms with Crippen LogP contribution in [0.1, 0.15) is 58.8 Å². The topological polar surface area (TPSA) is 49.4 Å². The van der Waals surface area contributed by atoms with Crippen molar-refractivity contribution in [2.24, 2.45) is 5.92 Å². The molecule has 19 heavy (non-hydrogen) atoms. The number of rotatable bonds is 4. The maximum Gasteiger partial charge on any atom is 0.246 e. The molecule has 2 aliphatic rings. The van der Waals surface area contributed by atoms with Crippen molar-refractivity contribution in [1.82, 2.24) is 10.2 Å². The molecule has 1 aliphatic heterocycles. The molecule has 2 rings (SSSR count). The van der Waals surface area contributed by atoms with Crippen molar-refractivity contribution in [3.8, 4) is 0 Å². The third kappa shape index (κ3) is 3.35. The summed E-state index contributed by atoms with van der Waals surface area (Å²) in [6.45, 7) is 4.82. The monoisotopic (exact) mass is 266 g/mol. The molecule has 0 bridgehead atoms. The minimum atomic E-state index is -0.274. The van der Waals surface area contributed by atoms with E-state index in [1.807, 2.05) is 6.92 Å². The number of likely N-dealkylation sites (tertiary alicyclic amines) is 1. The molecule has 0 aromatic heterocycles. The van der Waals surface area contributed by atoms with Gasteiger partial charge in [-0.1, -0.05) is 33.1 Å². The highest BCUT2D eigenvalue weighted by molar-refractivity contribution is 6.05. The minimum Gasteiger partial charge on any atom is -0.302 e. The lowest BCUT2D eigenvalue weighted by atomic mass is 9.96. The van der Waals surface area contributed by atoms with Crippen molar-refractivity contribution in [3.05, 3.63) is 0 Å². The van der Waals surface area contributed by atoms with Gasteiger partial charge in [0.15, 0.2) is 0 Å². The molecule has 2 amide bonds. The Bertz CT molecular complexity index is 343. The van der Waals surface area contributed by atoms with Gasteiger partial charge in [-0.25, -0.2) is 0 Å². The van der Waals surface area contributed by atoms with Crippen molar-refractivity contribution in [2.45, 2.75) is 70.9 Å². The SMILES string of the molecule is CCCN1C(=O)CC(NC2CCCCCC2C)C1=O. The number of hydrogen-bond acceptors (Lipinski definition) is 3. The zero-order valence-corrected chi connectivity index (χ0v) is 12.2. The molecule has 1 heterocycles. The highest BCUT2D eigenvalue weighted by Gasteiger charge is 2.39. The van der Waals surface area contributed by atoms with E-state index >= 15 is 0 Å². The summed E-state index contributed by atoms with van der Waals surface area (Å²) in [4.78, 5) is 25.5. The lowest BCUT2D eigenvalue weighted by Gasteiger charge is -2.25. The Kier molecular flexibility index (Phi) is 4.97. The molecule has 4 nitrogen and oxygen atoms in total. The Morgan fingerprint density at radius 2 is 1.95 bits per heavy atom. The fraction of sp³-hybridized carbons (Fsp3) is 0.867. The Balaban J connectivity index is 1.95. The van der Waals surface area contributed by atoms with Crippen molar-refractivity contribution >= 4 is 11.8 Å². The molecule has 0 aromatic carbocycles. The first kappa shape index (κ1) is 14.5. The first-order valence-electron chi connectivity index (χ1n) is 7.73. The smallest absolute Gasteiger partial charge is 0.246 e. The second kappa shape index (κ2) is 6.51. The molecule has 0 radical (unpaired) electrons. The summed E-state index contributed by atoms with van der Waals surface area (Å²) < 4.78 is 0. The summed E-state index contributed by atoms with van der Waals surface area (Å²) in [6.07, 6.45) is 7.36. The summed E-state index contributed by atoms with van der Waals surface area (Å²) in [5, 5.41) is 3.46. The highest BCUT2D eigenvalue weighted by atomic mass is 16.2. The van der Waals surface area contributed by atoms with Crippen molar-refractivity contribution in [1.29, 1.82) is 0 Å². The largest absolute Gasteiger partial charge is 0.302 e. The van der Waals surface area contributed by atoms with Crippen molar-refractivity contribution in [3.63, 3.8) is 0 Å². The van der Waals surface area contributed by atoms with Crippen LogP contribution in [0.3, 0.4) is 0 Å². The standard InChI is InChI=1S/C15H26N2O2/c1-3-9-17-14(18)10-13(15(17)19)16-12-8-6-4-5-7-11(12)2/h11-13,16H,3-10H2,1-2H3. The van der Waals surface area contributed by atoms with Crippen molar-refractivity contribution in [2.75, 3.05) is 6.54 Å². The average molecular weight is 266 g/mol. The van der Waals surface area contributed by atoms with E-state index in [0.29, 0.717) is 24.9 Å². The highest BCUT2D eigenvalue weighted by Crippen LogP contribution is 2.25. The molecule has 0 spiro atoms. The van der Waals surface area contributed by atoms with Gasteiger partial charge in [-0.05, 0) is 25.2 Å². The van der Waals surface area contributed by atoms with Gasteiger partial charge < -0.3 is 5.32 Å². The van der Waals surface area contributed by atoms with E-state index in [4.69, 9.17) is 0 Å². The van der Waals surface area contributed by atoms with Gasteiger partial charge in [-0.3, -0.25) is 14.5 Å². The van der Waals surface area contributed by atoms with E-state index in [0.717, 1.165) is 12.8 Å². The fourth-order valence-corrected chi connectivity index (χ4v) is 3.27. The van der Waals surface area contributed by atoms with Gasteiger partial charge in [0.1, 0.15) is 0 Å². The van der Waals surface area contributed by atoms with Gasteiger partial charge in [-0.15, -0.1) is 0 Å². The number of carbonyl (C=O) groups is 2. The maximum atomic E-state index is 12.2. The normalized spacial score (nSPS) is 32.7. The molecule has 1 aliphatic carbocycles. The van der Waals surface area contributed by atoms with Gasteiger partial charge in [0.05, 0.1) is 12.5 Å². The van der Waals surface area contributed by atoms with Crippen molar-refractivity contribution < 1.29 is 9.59 Å². The van der Waals surface area contributed by atoms with E-state index in [2.05, 4.69) is 12.2 Å². The third-order valence-electron chi connectivity index (χ3n) is 4.47. The Morgan fingerprint density at radius 3 is 2.68 bits per heavy atom. The Morgan fingerprint density at radius 1 is 1.21 bits per heavy atom. The van der Waals surface area contributed by atoms with Gasteiger partial charge in [0.25, 0.3) is 0 Å². The molecule has 108 valence electrons. The van der Waals surface area contributed by atoms with E-state index < -0.39 is 0 Å². The summed E-state index contributed by atoms with van der Waals surface area (Å²) in [5.74, 6) is 0.583. The van der Waals surface area contributed by atoms with E-state index in [1.54, 1.807) is 0 Å². The maximum absolute atomic E-state index is 12.2. The Labute approximate surface area is 115 Å². The van der Waals surface area contributed by atoms with Crippen LogP contribution in [-0.2, 0) is 9.59 Å². The van der Waals surface area contributed by atoms with Crippen LogP contribution in [0.25, 0.3) is 0 Å². The van der Waals surface area contributed by atoms with Gasteiger partial charge >= 0.3 is 0 Å². The van der Waals surface area contributed by atoms with Gasteiger partial charge in [-0.2, -0.15) is 0 Å². The van der Waals surface area contributed by atoms with Crippen LogP contribution in [0.2, 0.25) is 0 Å². The van der Waals surface area contributed by atoms with E-state index in [9.17, 15) is 9.59 Å². The number of imide groups is 1. The predicted molar refractivity (Wildman–Crippen MR) is 74.6 cm³/mol. The lowest BCUT2D eigenvalue weighted by molar-refractivity contribution is -0.138. The molecular formula is C15H26N2O2. The number of nitrogens with zero attached hydrogens (tertiary/aromatic N) is 1. The molecular weight excluding hydrogens is 240 g/mol. The van der Waals surface area contributed by atoms with Crippen LogP contribution in [0.15, 0.2) is 0 Å². The van der Waals surface area contributed by atoms with Crippen LogP contribution < -0.4 is 5.32 Å². The van der Waals surface area contributed by atoms with E-state index in [1.165, 1.54) is 30.6 Å².